The minimum absolute atomic E-state index is 0.511. The first-order valence-electron chi connectivity index (χ1n) is 10.6. The van der Waals surface area contributed by atoms with E-state index in [4.69, 9.17) is 10.4 Å². The van der Waals surface area contributed by atoms with E-state index in [-0.39, 0.29) is 0 Å². The third-order valence-electron chi connectivity index (χ3n) is 5.86. The van der Waals surface area contributed by atoms with Gasteiger partial charge in [0.1, 0.15) is 0 Å². The summed E-state index contributed by atoms with van der Waals surface area (Å²) in [5.41, 5.74) is 5.09. The van der Waals surface area contributed by atoms with Crippen LogP contribution in [0.2, 0.25) is 0 Å². The fourth-order valence-electron chi connectivity index (χ4n) is 3.78. The molecule has 0 spiro atoms. The topological polar surface area (TPSA) is 44.9 Å². The van der Waals surface area contributed by atoms with Crippen molar-refractivity contribution in [2.24, 2.45) is 5.92 Å². The van der Waals surface area contributed by atoms with E-state index in [1.807, 2.05) is 0 Å². The highest BCUT2D eigenvalue weighted by molar-refractivity contribution is 5.79. The Morgan fingerprint density at radius 3 is 2.78 bits per heavy atom. The fourth-order valence-corrected chi connectivity index (χ4v) is 3.78. The number of fused-ring (bicyclic) bond motifs is 1. The molecular weight excluding hydrogens is 332 g/mol. The Kier molecular flexibility index (Phi) is 6.35. The summed E-state index contributed by atoms with van der Waals surface area (Å²) in [5.74, 6) is 1.59. The second-order valence-corrected chi connectivity index (χ2v) is 8.04. The lowest BCUT2D eigenvalue weighted by Gasteiger charge is -2.28. The van der Waals surface area contributed by atoms with E-state index in [9.17, 15) is 0 Å². The molecule has 0 aliphatic carbocycles. The highest BCUT2D eigenvalue weighted by atomic mass is 15.2. The van der Waals surface area contributed by atoms with Gasteiger partial charge in [0.05, 0.1) is 11.0 Å². The van der Waals surface area contributed by atoms with E-state index in [2.05, 4.69) is 61.6 Å². The van der Waals surface area contributed by atoms with Gasteiger partial charge in [0.25, 0.3) is 0 Å². The Hall–Kier alpha value is -2.10. The van der Waals surface area contributed by atoms with Gasteiger partial charge < -0.3 is 4.90 Å². The Morgan fingerprint density at radius 1 is 1.22 bits per heavy atom. The van der Waals surface area contributed by atoms with Crippen molar-refractivity contribution in [2.75, 3.05) is 18.0 Å². The first-order chi connectivity index (χ1) is 13.0. The minimum atomic E-state index is 0.511. The molecule has 1 N–H and O–H groups in total. The van der Waals surface area contributed by atoms with Gasteiger partial charge in [-0.1, -0.05) is 45.3 Å². The summed E-state index contributed by atoms with van der Waals surface area (Å²) in [7, 11) is 0. The van der Waals surface area contributed by atoms with Crippen molar-refractivity contribution in [3.8, 4) is 0 Å². The molecule has 1 saturated heterocycles. The van der Waals surface area contributed by atoms with Crippen molar-refractivity contribution in [2.45, 2.75) is 66.2 Å². The van der Waals surface area contributed by atoms with Crippen LogP contribution in [0.1, 0.15) is 65.4 Å². The molecular formula is C23H34N4. The van der Waals surface area contributed by atoms with Gasteiger partial charge in [0, 0.05) is 19.3 Å². The van der Waals surface area contributed by atoms with E-state index < -0.39 is 0 Å². The number of hydrogen-bond acceptors (Lipinski definition) is 3. The number of anilines is 1. The Labute approximate surface area is 163 Å². The van der Waals surface area contributed by atoms with Crippen molar-refractivity contribution in [1.29, 1.82) is 5.41 Å². The number of nitrogens with zero attached hydrogens (tertiary/aromatic N) is 3. The summed E-state index contributed by atoms with van der Waals surface area (Å²) in [6.45, 7) is 10.8. The predicted molar refractivity (Wildman–Crippen MR) is 115 cm³/mol. The first-order valence-corrected chi connectivity index (χ1v) is 10.6. The van der Waals surface area contributed by atoms with Crippen LogP contribution < -0.4 is 10.4 Å². The number of aromatic nitrogens is 2. The highest BCUT2D eigenvalue weighted by Gasteiger charge is 2.18. The average Bonchev–Trinajstić information content (AvgIpc) is 2.67. The van der Waals surface area contributed by atoms with Gasteiger partial charge in [-0.3, -0.25) is 9.98 Å². The van der Waals surface area contributed by atoms with Crippen molar-refractivity contribution in [1.82, 2.24) is 9.55 Å². The second-order valence-electron chi connectivity index (χ2n) is 8.04. The molecule has 3 rings (SSSR count). The summed E-state index contributed by atoms with van der Waals surface area (Å²) < 4.78 is 2.05. The monoisotopic (exact) mass is 366 g/mol. The summed E-state index contributed by atoms with van der Waals surface area (Å²) in [6.07, 6.45) is 9.06. The maximum atomic E-state index is 8.95. The molecule has 1 fully saturated rings. The van der Waals surface area contributed by atoms with E-state index in [0.29, 0.717) is 5.49 Å². The Balaban J connectivity index is 2.16. The van der Waals surface area contributed by atoms with Gasteiger partial charge in [-0.15, -0.1) is 0 Å². The van der Waals surface area contributed by atoms with Crippen LogP contribution in [-0.2, 0) is 6.42 Å². The SMILES string of the molecule is CCC(C)=Cn1c(=N)c(N2CCCCC(C)CC2)nc2ccc(CC)cc21. The number of aryl methyl sites for hydroxylation is 1. The number of nitrogens with one attached hydrogen (secondary N) is 1. The molecule has 4 heteroatoms. The van der Waals surface area contributed by atoms with Crippen LogP contribution in [0.4, 0.5) is 5.82 Å². The van der Waals surface area contributed by atoms with Gasteiger partial charge >= 0.3 is 0 Å². The Bertz CT molecular complexity index is 878. The molecule has 1 aliphatic rings. The van der Waals surface area contributed by atoms with Gasteiger partial charge in [0.2, 0.25) is 0 Å². The molecule has 0 amide bonds. The molecule has 2 aromatic rings. The van der Waals surface area contributed by atoms with Crippen LogP contribution in [0.25, 0.3) is 17.2 Å². The highest BCUT2D eigenvalue weighted by Crippen LogP contribution is 2.22. The molecule has 27 heavy (non-hydrogen) atoms. The molecule has 0 bridgehead atoms. The summed E-state index contributed by atoms with van der Waals surface area (Å²) in [5, 5.41) is 8.95. The molecule has 146 valence electrons. The first kappa shape index (κ1) is 19.7. The minimum Gasteiger partial charge on any atom is -0.354 e. The number of hydrogen-bond donors (Lipinski definition) is 1. The molecule has 1 aromatic carbocycles. The van der Waals surface area contributed by atoms with E-state index >= 15 is 0 Å². The van der Waals surface area contributed by atoms with Crippen molar-refractivity contribution < 1.29 is 0 Å². The lowest BCUT2D eigenvalue weighted by molar-refractivity contribution is 0.436. The van der Waals surface area contributed by atoms with Gasteiger partial charge in [-0.05, 0) is 56.2 Å². The van der Waals surface area contributed by atoms with Crippen LogP contribution >= 0.6 is 0 Å². The standard InChI is InChI=1S/C23H34N4/c1-5-17(3)16-27-21-15-19(6-2)10-11-20(21)25-23(22(27)24)26-13-8-7-9-18(4)12-14-26/h10-11,15-16,18,24H,5-9,12-14H2,1-4H3. The quantitative estimate of drug-likeness (QED) is 0.791. The van der Waals surface area contributed by atoms with Crippen molar-refractivity contribution in [3.63, 3.8) is 0 Å². The van der Waals surface area contributed by atoms with E-state index in [0.717, 1.165) is 48.7 Å². The van der Waals surface area contributed by atoms with Crippen LogP contribution in [-0.4, -0.2) is 22.6 Å². The van der Waals surface area contributed by atoms with Crippen LogP contribution in [0, 0.1) is 11.3 Å². The smallest absolute Gasteiger partial charge is 0.173 e. The summed E-state index contributed by atoms with van der Waals surface area (Å²) in [4.78, 5) is 7.30. The normalized spacial score (nSPS) is 19.2. The largest absolute Gasteiger partial charge is 0.354 e. The fraction of sp³-hybridized carbons (Fsp3) is 0.565. The van der Waals surface area contributed by atoms with E-state index in [1.54, 1.807) is 0 Å². The predicted octanol–water partition coefficient (Wildman–Crippen LogP) is 5.37. The third-order valence-corrected chi connectivity index (χ3v) is 5.86. The number of allylic oxidation sites excluding steroid dienone is 1. The molecule has 2 heterocycles. The molecule has 1 aliphatic heterocycles. The summed E-state index contributed by atoms with van der Waals surface area (Å²) in [6, 6.07) is 6.48. The molecule has 4 nitrogen and oxygen atoms in total. The zero-order valence-electron chi connectivity index (χ0n) is 17.4. The van der Waals surface area contributed by atoms with Crippen molar-refractivity contribution in [3.05, 3.63) is 34.8 Å². The molecule has 1 unspecified atom stereocenters. The molecule has 1 atom stereocenters. The van der Waals surface area contributed by atoms with Crippen LogP contribution in [0.15, 0.2) is 23.8 Å². The molecule has 0 saturated carbocycles. The maximum absolute atomic E-state index is 8.95. The lowest BCUT2D eigenvalue weighted by Crippen LogP contribution is -2.36. The third kappa shape index (κ3) is 4.42. The van der Waals surface area contributed by atoms with Crippen LogP contribution in [0.5, 0.6) is 0 Å². The van der Waals surface area contributed by atoms with Gasteiger partial charge in [-0.25, -0.2) is 4.98 Å². The average molecular weight is 367 g/mol. The second kappa shape index (κ2) is 8.73. The lowest BCUT2D eigenvalue weighted by atomic mass is 9.98. The molecule has 1 aromatic heterocycles. The van der Waals surface area contributed by atoms with Gasteiger partial charge in [0.15, 0.2) is 11.3 Å². The molecule has 0 radical (unpaired) electrons. The number of rotatable bonds is 4. The van der Waals surface area contributed by atoms with Crippen LogP contribution in [0.3, 0.4) is 0 Å². The Morgan fingerprint density at radius 2 is 2.04 bits per heavy atom. The number of benzene rings is 1. The van der Waals surface area contributed by atoms with Gasteiger partial charge in [-0.2, -0.15) is 0 Å². The van der Waals surface area contributed by atoms with Crippen molar-refractivity contribution >= 4 is 23.1 Å². The zero-order chi connectivity index (χ0) is 19.4. The zero-order valence-corrected chi connectivity index (χ0v) is 17.4. The maximum Gasteiger partial charge on any atom is 0.173 e. The van der Waals surface area contributed by atoms with E-state index in [1.165, 1.54) is 36.8 Å². The summed E-state index contributed by atoms with van der Waals surface area (Å²) >= 11 is 0.